The fourth-order valence-corrected chi connectivity index (χ4v) is 5.62. The van der Waals surface area contributed by atoms with E-state index in [0.29, 0.717) is 11.5 Å². The van der Waals surface area contributed by atoms with Gasteiger partial charge in [0.2, 0.25) is 0 Å². The number of nitrogens with zero attached hydrogens (tertiary/aromatic N) is 1. The Labute approximate surface area is 162 Å². The van der Waals surface area contributed by atoms with Crippen molar-refractivity contribution in [1.82, 2.24) is 4.90 Å². The van der Waals surface area contributed by atoms with E-state index in [9.17, 15) is 5.11 Å². The lowest BCUT2D eigenvalue weighted by molar-refractivity contribution is 0.0185. The second-order valence-electron chi connectivity index (χ2n) is 8.29. The molecule has 5 rings (SSSR count). The van der Waals surface area contributed by atoms with Crippen molar-refractivity contribution < 1.29 is 5.11 Å². The highest BCUT2D eigenvalue weighted by atomic mass is 35.5. The van der Waals surface area contributed by atoms with Gasteiger partial charge >= 0.3 is 0 Å². The third-order valence-electron chi connectivity index (χ3n) is 7.11. The number of piperidine rings is 1. The normalized spacial score (nSPS) is 26.8. The van der Waals surface area contributed by atoms with Gasteiger partial charge in [0.25, 0.3) is 0 Å². The summed E-state index contributed by atoms with van der Waals surface area (Å²) >= 11 is 0. The van der Waals surface area contributed by atoms with Crippen LogP contribution in [0.15, 0.2) is 48.5 Å². The number of benzene rings is 2. The lowest BCUT2D eigenvalue weighted by Gasteiger charge is -2.46. The predicted molar refractivity (Wildman–Crippen MR) is 108 cm³/mol. The van der Waals surface area contributed by atoms with Gasteiger partial charge < -0.3 is 5.11 Å². The van der Waals surface area contributed by atoms with Crippen molar-refractivity contribution >= 4 is 12.4 Å². The maximum atomic E-state index is 10.7. The molecule has 3 heteroatoms. The monoisotopic (exact) mass is 369 g/mol. The van der Waals surface area contributed by atoms with Gasteiger partial charge in [-0.25, -0.2) is 0 Å². The molecule has 138 valence electrons. The molecule has 0 bridgehead atoms. The first kappa shape index (κ1) is 18.0. The molecular formula is C23H28ClNO. The highest BCUT2D eigenvalue weighted by Gasteiger charge is 2.43. The average Bonchev–Trinajstić information content (AvgIpc) is 3.01. The second kappa shape index (κ2) is 6.99. The molecule has 0 aromatic heterocycles. The van der Waals surface area contributed by atoms with Crippen molar-refractivity contribution in [2.45, 2.75) is 56.1 Å². The molecule has 2 nitrogen and oxygen atoms in total. The molecule has 2 aliphatic carbocycles. The van der Waals surface area contributed by atoms with Crippen LogP contribution in [0, 0.1) is 0 Å². The van der Waals surface area contributed by atoms with Crippen LogP contribution in [-0.4, -0.2) is 35.2 Å². The van der Waals surface area contributed by atoms with Crippen molar-refractivity contribution in [3.8, 4) is 0 Å². The summed E-state index contributed by atoms with van der Waals surface area (Å²) in [6, 6.07) is 18.0. The number of likely N-dealkylation sites (tertiary alicyclic amines) is 1. The molecule has 3 aliphatic rings. The van der Waals surface area contributed by atoms with Crippen LogP contribution >= 0.6 is 12.4 Å². The molecule has 1 fully saturated rings. The Bertz CT molecular complexity index is 781. The molecule has 26 heavy (non-hydrogen) atoms. The highest BCUT2D eigenvalue weighted by Crippen LogP contribution is 2.46. The van der Waals surface area contributed by atoms with E-state index in [0.717, 1.165) is 25.9 Å². The number of hydrogen-bond donors (Lipinski definition) is 1. The average molecular weight is 370 g/mol. The molecule has 0 saturated carbocycles. The van der Waals surface area contributed by atoms with E-state index in [1.165, 1.54) is 36.8 Å². The molecule has 2 unspecified atom stereocenters. The number of aliphatic hydroxyl groups is 1. The van der Waals surface area contributed by atoms with Crippen molar-refractivity contribution in [3.05, 3.63) is 70.8 Å². The summed E-state index contributed by atoms with van der Waals surface area (Å²) in [5.74, 6) is 0. The van der Waals surface area contributed by atoms with E-state index in [1.807, 2.05) is 0 Å². The van der Waals surface area contributed by atoms with E-state index in [1.54, 1.807) is 11.1 Å². The molecular weight excluding hydrogens is 342 g/mol. The van der Waals surface area contributed by atoms with Crippen molar-refractivity contribution in [2.75, 3.05) is 13.1 Å². The lowest BCUT2D eigenvalue weighted by atomic mass is 9.73. The fourth-order valence-electron chi connectivity index (χ4n) is 5.62. The molecule has 1 N–H and O–H groups in total. The summed E-state index contributed by atoms with van der Waals surface area (Å²) in [6.07, 6.45) is 6.64. The SMILES string of the molecule is Cl.OC1Cc2ccccc2CC1N1CCC2(CCc3ccccc32)CC1. The minimum Gasteiger partial charge on any atom is -0.391 e. The zero-order chi connectivity index (χ0) is 16.9. The van der Waals surface area contributed by atoms with E-state index >= 15 is 0 Å². The Morgan fingerprint density at radius 3 is 2.15 bits per heavy atom. The third kappa shape index (κ3) is 2.89. The quantitative estimate of drug-likeness (QED) is 0.823. The number of rotatable bonds is 1. The molecule has 1 heterocycles. The third-order valence-corrected chi connectivity index (χ3v) is 7.11. The number of halogens is 1. The van der Waals surface area contributed by atoms with Crippen LogP contribution in [0.2, 0.25) is 0 Å². The number of aliphatic hydroxyl groups excluding tert-OH is 1. The summed E-state index contributed by atoms with van der Waals surface area (Å²) < 4.78 is 0. The van der Waals surface area contributed by atoms with E-state index in [2.05, 4.69) is 53.4 Å². The smallest absolute Gasteiger partial charge is 0.0738 e. The minimum absolute atomic E-state index is 0. The fraction of sp³-hybridized carbons (Fsp3) is 0.478. The first-order chi connectivity index (χ1) is 12.3. The Balaban J connectivity index is 0.00000168. The van der Waals surface area contributed by atoms with E-state index < -0.39 is 0 Å². The van der Waals surface area contributed by atoms with Gasteiger partial charge in [0.05, 0.1) is 6.10 Å². The zero-order valence-electron chi connectivity index (χ0n) is 15.2. The summed E-state index contributed by atoms with van der Waals surface area (Å²) in [5, 5.41) is 10.7. The van der Waals surface area contributed by atoms with E-state index in [4.69, 9.17) is 0 Å². The summed E-state index contributed by atoms with van der Waals surface area (Å²) in [6.45, 7) is 2.25. The largest absolute Gasteiger partial charge is 0.391 e. The standard InChI is InChI=1S/C23H27NO.ClH/c25-22-16-19-7-2-1-6-18(19)15-21(22)24-13-11-23(12-14-24)10-9-17-5-3-4-8-20(17)23;/h1-8,21-22,25H,9-16H2;1H. The topological polar surface area (TPSA) is 23.5 Å². The van der Waals surface area contributed by atoms with Crippen LogP contribution < -0.4 is 0 Å². The predicted octanol–water partition coefficient (Wildman–Crippen LogP) is 3.92. The lowest BCUT2D eigenvalue weighted by Crippen LogP contribution is -2.53. The summed E-state index contributed by atoms with van der Waals surface area (Å²) in [5.41, 5.74) is 6.37. The van der Waals surface area contributed by atoms with Crippen LogP contribution in [0.5, 0.6) is 0 Å². The van der Waals surface area contributed by atoms with Crippen molar-refractivity contribution in [2.24, 2.45) is 0 Å². The minimum atomic E-state index is -0.222. The maximum Gasteiger partial charge on any atom is 0.0738 e. The Kier molecular flexibility index (Phi) is 4.85. The summed E-state index contributed by atoms with van der Waals surface area (Å²) in [4.78, 5) is 2.58. The Morgan fingerprint density at radius 2 is 1.42 bits per heavy atom. The van der Waals surface area contributed by atoms with Gasteiger partial charge in [-0.2, -0.15) is 0 Å². The highest BCUT2D eigenvalue weighted by molar-refractivity contribution is 5.85. The molecule has 0 radical (unpaired) electrons. The molecule has 1 spiro atoms. The van der Waals surface area contributed by atoms with Crippen LogP contribution in [0.3, 0.4) is 0 Å². The molecule has 1 saturated heterocycles. The Hall–Kier alpha value is -1.35. The van der Waals surface area contributed by atoms with Crippen molar-refractivity contribution in [1.29, 1.82) is 0 Å². The maximum absolute atomic E-state index is 10.7. The van der Waals surface area contributed by atoms with Gasteiger partial charge in [-0.1, -0.05) is 48.5 Å². The van der Waals surface area contributed by atoms with Gasteiger partial charge in [0, 0.05) is 12.5 Å². The number of aryl methyl sites for hydroxylation is 1. The van der Waals surface area contributed by atoms with Crippen molar-refractivity contribution in [3.63, 3.8) is 0 Å². The molecule has 2 aromatic carbocycles. The number of fused-ring (bicyclic) bond motifs is 3. The second-order valence-corrected chi connectivity index (χ2v) is 8.29. The van der Waals surface area contributed by atoms with Gasteiger partial charge in [-0.05, 0) is 72.9 Å². The summed E-state index contributed by atoms with van der Waals surface area (Å²) in [7, 11) is 0. The van der Waals surface area contributed by atoms with Gasteiger partial charge in [-0.15, -0.1) is 12.4 Å². The zero-order valence-corrected chi connectivity index (χ0v) is 16.0. The van der Waals surface area contributed by atoms with E-state index in [-0.39, 0.29) is 18.5 Å². The van der Waals surface area contributed by atoms with Crippen LogP contribution in [0.25, 0.3) is 0 Å². The first-order valence-corrected chi connectivity index (χ1v) is 9.82. The van der Waals surface area contributed by atoms with Crippen LogP contribution in [0.1, 0.15) is 41.5 Å². The Morgan fingerprint density at radius 1 is 0.808 bits per heavy atom. The molecule has 0 amide bonds. The van der Waals surface area contributed by atoms with Gasteiger partial charge in [0.1, 0.15) is 0 Å². The van der Waals surface area contributed by atoms with Gasteiger partial charge in [-0.3, -0.25) is 4.90 Å². The van der Waals surface area contributed by atoms with Gasteiger partial charge in [0.15, 0.2) is 0 Å². The molecule has 2 aromatic rings. The first-order valence-electron chi connectivity index (χ1n) is 9.82. The molecule has 1 aliphatic heterocycles. The van der Waals surface area contributed by atoms with Crippen LogP contribution in [-0.2, 0) is 24.7 Å². The molecule has 2 atom stereocenters. The number of hydrogen-bond acceptors (Lipinski definition) is 2. The van der Waals surface area contributed by atoms with Crippen LogP contribution in [0.4, 0.5) is 0 Å².